The lowest BCUT2D eigenvalue weighted by Gasteiger charge is -2.16. The van der Waals surface area contributed by atoms with E-state index in [1.807, 2.05) is 6.92 Å². The largest absolute Gasteiger partial charge is 0.316 e. The topological polar surface area (TPSA) is 62.3 Å². The van der Waals surface area contributed by atoms with Crippen molar-refractivity contribution < 1.29 is 8.42 Å². The molecule has 0 unspecified atom stereocenters. The fourth-order valence-electron chi connectivity index (χ4n) is 2.88. The van der Waals surface area contributed by atoms with Crippen molar-refractivity contribution in [3.05, 3.63) is 10.7 Å². The first-order valence-corrected chi connectivity index (χ1v) is 8.39. The average Bonchev–Trinajstić information content (AvgIpc) is 2.90. The third kappa shape index (κ3) is 1.89. The summed E-state index contributed by atoms with van der Waals surface area (Å²) in [6.45, 7) is 6.80. The highest BCUT2D eigenvalue weighted by Crippen LogP contribution is 2.33. The Balaban J connectivity index is 1.90. The van der Waals surface area contributed by atoms with Gasteiger partial charge >= 0.3 is 0 Å². The van der Waals surface area contributed by atoms with Crippen LogP contribution in [0.3, 0.4) is 0 Å². The molecule has 7 heteroatoms. The van der Waals surface area contributed by atoms with Crippen LogP contribution in [0.1, 0.15) is 10.7 Å². The molecule has 2 fully saturated rings. The summed E-state index contributed by atoms with van der Waals surface area (Å²) in [6.07, 6.45) is 0. The van der Waals surface area contributed by atoms with Crippen molar-refractivity contribution in [3.63, 3.8) is 0 Å². The number of nitrogens with zero attached hydrogens (tertiary/aromatic N) is 2. The minimum absolute atomic E-state index is 0.424. The zero-order chi connectivity index (χ0) is 12.9. The van der Waals surface area contributed by atoms with Gasteiger partial charge in [0, 0.05) is 13.1 Å². The lowest BCUT2D eigenvalue weighted by Crippen LogP contribution is -2.31. The molecule has 0 aliphatic carbocycles. The lowest BCUT2D eigenvalue weighted by molar-refractivity contribution is 0.449. The Morgan fingerprint density at radius 3 is 2.39 bits per heavy atom. The molecule has 2 aliphatic heterocycles. The number of rotatable bonds is 2. The molecule has 0 amide bonds. The van der Waals surface area contributed by atoms with Crippen LogP contribution in [0.5, 0.6) is 0 Å². The van der Waals surface area contributed by atoms with Gasteiger partial charge in [0.2, 0.25) is 0 Å². The molecule has 0 bridgehead atoms. The SMILES string of the molecule is Cc1nc(C)c(S(=O)(=O)N2C[C@H]3CNC[C@H]3C2)s1. The second-order valence-corrected chi connectivity index (χ2v) is 8.44. The molecule has 1 aromatic rings. The van der Waals surface area contributed by atoms with Gasteiger partial charge in [0.1, 0.15) is 0 Å². The number of hydrogen-bond acceptors (Lipinski definition) is 5. The molecule has 0 aromatic carbocycles. The maximum atomic E-state index is 12.6. The molecule has 3 rings (SSSR count). The fraction of sp³-hybridized carbons (Fsp3) is 0.727. The second-order valence-electron chi connectivity index (χ2n) is 5.11. The summed E-state index contributed by atoms with van der Waals surface area (Å²) < 4.78 is 27.2. The zero-order valence-corrected chi connectivity index (χ0v) is 12.1. The molecule has 1 aromatic heterocycles. The number of sulfonamides is 1. The Hall–Kier alpha value is -0.500. The van der Waals surface area contributed by atoms with E-state index < -0.39 is 10.0 Å². The van der Waals surface area contributed by atoms with Crippen LogP contribution in [0.15, 0.2) is 4.21 Å². The highest BCUT2D eigenvalue weighted by atomic mass is 32.2. The van der Waals surface area contributed by atoms with E-state index in [2.05, 4.69) is 10.3 Å². The van der Waals surface area contributed by atoms with Gasteiger partial charge in [-0.05, 0) is 38.8 Å². The number of nitrogens with one attached hydrogen (secondary N) is 1. The quantitative estimate of drug-likeness (QED) is 0.865. The van der Waals surface area contributed by atoms with Crippen LogP contribution in [0.25, 0.3) is 0 Å². The van der Waals surface area contributed by atoms with Crippen molar-refractivity contribution in [2.45, 2.75) is 18.1 Å². The monoisotopic (exact) mass is 287 g/mol. The standard InChI is InChI=1S/C11H17N3O2S2/c1-7-11(17-8(2)13-7)18(15,16)14-5-9-3-12-4-10(9)6-14/h9-10,12H,3-6H2,1-2H3/t9-,10+. The maximum absolute atomic E-state index is 12.6. The summed E-state index contributed by atoms with van der Waals surface area (Å²) in [6, 6.07) is 0. The van der Waals surface area contributed by atoms with Crippen LogP contribution in [0.2, 0.25) is 0 Å². The summed E-state index contributed by atoms with van der Waals surface area (Å²) in [7, 11) is -3.33. The van der Waals surface area contributed by atoms with Crippen LogP contribution in [-0.4, -0.2) is 43.9 Å². The van der Waals surface area contributed by atoms with Crippen LogP contribution in [0.4, 0.5) is 0 Å². The Morgan fingerprint density at radius 1 is 1.28 bits per heavy atom. The second kappa shape index (κ2) is 4.26. The van der Waals surface area contributed by atoms with E-state index in [0.717, 1.165) is 18.1 Å². The molecule has 2 aliphatic rings. The normalized spacial score (nSPS) is 28.8. The Bertz CT molecular complexity index is 555. The van der Waals surface area contributed by atoms with Gasteiger partial charge in [-0.25, -0.2) is 13.4 Å². The molecule has 2 atom stereocenters. The van der Waals surface area contributed by atoms with Gasteiger partial charge in [0.05, 0.1) is 10.7 Å². The molecule has 5 nitrogen and oxygen atoms in total. The average molecular weight is 287 g/mol. The molecule has 0 spiro atoms. The molecular weight excluding hydrogens is 270 g/mol. The van der Waals surface area contributed by atoms with Crippen molar-refractivity contribution in [3.8, 4) is 0 Å². The summed E-state index contributed by atoms with van der Waals surface area (Å²) in [5.74, 6) is 0.961. The lowest BCUT2D eigenvalue weighted by atomic mass is 10.0. The van der Waals surface area contributed by atoms with Gasteiger partial charge in [-0.1, -0.05) is 0 Å². The molecule has 0 radical (unpaired) electrons. The molecule has 0 saturated carbocycles. The number of thiazole rings is 1. The van der Waals surface area contributed by atoms with Crippen LogP contribution >= 0.6 is 11.3 Å². The summed E-state index contributed by atoms with van der Waals surface area (Å²) in [4.78, 5) is 4.22. The van der Waals surface area contributed by atoms with Gasteiger partial charge in [0.25, 0.3) is 10.0 Å². The number of fused-ring (bicyclic) bond motifs is 1. The minimum Gasteiger partial charge on any atom is -0.316 e. The highest BCUT2D eigenvalue weighted by Gasteiger charge is 2.42. The van der Waals surface area contributed by atoms with Gasteiger partial charge in [0.15, 0.2) is 4.21 Å². The van der Waals surface area contributed by atoms with E-state index >= 15 is 0 Å². The summed E-state index contributed by atoms with van der Waals surface area (Å²) in [5, 5.41) is 4.13. The van der Waals surface area contributed by atoms with E-state index in [9.17, 15) is 8.42 Å². The molecule has 1 N–H and O–H groups in total. The predicted molar refractivity (Wildman–Crippen MR) is 70.2 cm³/mol. The Labute approximate surface area is 111 Å². The van der Waals surface area contributed by atoms with Gasteiger partial charge < -0.3 is 5.32 Å². The van der Waals surface area contributed by atoms with Crippen molar-refractivity contribution in [1.29, 1.82) is 0 Å². The van der Waals surface area contributed by atoms with E-state index in [0.29, 0.717) is 34.8 Å². The molecule has 2 saturated heterocycles. The number of aryl methyl sites for hydroxylation is 2. The number of hydrogen-bond donors (Lipinski definition) is 1. The minimum atomic E-state index is -3.33. The first kappa shape index (κ1) is 12.5. The summed E-state index contributed by atoms with van der Waals surface area (Å²) in [5.41, 5.74) is 0.632. The van der Waals surface area contributed by atoms with Crippen LogP contribution in [-0.2, 0) is 10.0 Å². The maximum Gasteiger partial charge on any atom is 0.254 e. The van der Waals surface area contributed by atoms with E-state index in [-0.39, 0.29) is 0 Å². The third-order valence-electron chi connectivity index (χ3n) is 3.79. The van der Waals surface area contributed by atoms with Crippen LogP contribution in [0, 0.1) is 25.7 Å². The first-order chi connectivity index (χ1) is 8.48. The van der Waals surface area contributed by atoms with Crippen molar-refractivity contribution >= 4 is 21.4 Å². The van der Waals surface area contributed by atoms with Crippen molar-refractivity contribution in [2.75, 3.05) is 26.2 Å². The Morgan fingerprint density at radius 2 is 1.89 bits per heavy atom. The third-order valence-corrected chi connectivity index (χ3v) is 7.28. The van der Waals surface area contributed by atoms with E-state index in [4.69, 9.17) is 0 Å². The molecule has 100 valence electrons. The predicted octanol–water partition coefficient (Wildman–Crippen LogP) is 0.600. The fourth-order valence-corrected chi connectivity index (χ4v) is 6.05. The smallest absolute Gasteiger partial charge is 0.254 e. The molecule has 3 heterocycles. The van der Waals surface area contributed by atoms with Gasteiger partial charge in [-0.2, -0.15) is 4.31 Å². The van der Waals surface area contributed by atoms with Crippen molar-refractivity contribution in [2.24, 2.45) is 11.8 Å². The first-order valence-electron chi connectivity index (χ1n) is 6.13. The highest BCUT2D eigenvalue weighted by molar-refractivity contribution is 7.91. The number of aromatic nitrogens is 1. The van der Waals surface area contributed by atoms with Gasteiger partial charge in [-0.3, -0.25) is 0 Å². The van der Waals surface area contributed by atoms with E-state index in [1.54, 1.807) is 11.2 Å². The molecule has 18 heavy (non-hydrogen) atoms. The molecular formula is C11H17N3O2S2. The van der Waals surface area contributed by atoms with Gasteiger partial charge in [-0.15, -0.1) is 11.3 Å². The van der Waals surface area contributed by atoms with E-state index in [1.165, 1.54) is 11.3 Å². The van der Waals surface area contributed by atoms with Crippen molar-refractivity contribution in [1.82, 2.24) is 14.6 Å². The summed E-state index contributed by atoms with van der Waals surface area (Å²) >= 11 is 1.28. The zero-order valence-electron chi connectivity index (χ0n) is 10.5. The Kier molecular flexibility index (Phi) is 2.97. The van der Waals surface area contributed by atoms with Crippen LogP contribution < -0.4 is 5.32 Å².